The molecule has 3 aromatic carbocycles. The standard InChI is InChI=1S/C27H20N4O3S/c1-33-19-14-12-18(13-15-19)30-26(24-11-6-16-34-24)28-29-27(30)35-17-25(32)31-22-9-4-2-7-20(22)21-8-3-5-10-23(21)31/h2-16H,17H2,1H3. The minimum atomic E-state index is -0.0313. The molecule has 6 rings (SSSR count). The monoisotopic (exact) mass is 480 g/mol. The maximum Gasteiger partial charge on any atom is 0.242 e. The van der Waals surface area contributed by atoms with Gasteiger partial charge in [0.05, 0.1) is 35.8 Å². The molecule has 0 amide bonds. The van der Waals surface area contributed by atoms with E-state index in [2.05, 4.69) is 10.2 Å². The van der Waals surface area contributed by atoms with E-state index in [0.29, 0.717) is 16.7 Å². The predicted molar refractivity (Wildman–Crippen MR) is 136 cm³/mol. The number of carbonyl (C=O) groups excluding carboxylic acids is 1. The van der Waals surface area contributed by atoms with Gasteiger partial charge in [0.1, 0.15) is 5.75 Å². The number of nitrogens with zero attached hydrogens (tertiary/aromatic N) is 4. The van der Waals surface area contributed by atoms with Gasteiger partial charge in [-0.05, 0) is 48.5 Å². The number of benzene rings is 3. The number of aromatic nitrogens is 4. The van der Waals surface area contributed by atoms with Gasteiger partial charge in [-0.2, -0.15) is 0 Å². The molecule has 0 spiro atoms. The number of hydrogen-bond donors (Lipinski definition) is 0. The molecule has 0 saturated carbocycles. The van der Waals surface area contributed by atoms with Gasteiger partial charge in [-0.25, -0.2) is 0 Å². The zero-order valence-corrected chi connectivity index (χ0v) is 19.6. The van der Waals surface area contributed by atoms with Crippen LogP contribution < -0.4 is 4.74 Å². The SMILES string of the molecule is COc1ccc(-n2c(SCC(=O)n3c4ccccc4c4ccccc43)nnc2-c2ccco2)cc1. The molecule has 3 heterocycles. The van der Waals surface area contributed by atoms with Crippen molar-refractivity contribution in [2.45, 2.75) is 5.16 Å². The number of furan rings is 1. The maximum absolute atomic E-state index is 13.5. The fraction of sp³-hybridized carbons (Fsp3) is 0.0741. The summed E-state index contributed by atoms with van der Waals surface area (Å²) in [5, 5.41) is 11.5. The van der Waals surface area contributed by atoms with Crippen molar-refractivity contribution in [3.8, 4) is 23.0 Å². The highest BCUT2D eigenvalue weighted by Gasteiger charge is 2.21. The second-order valence-electron chi connectivity index (χ2n) is 7.87. The first-order chi connectivity index (χ1) is 17.2. The summed E-state index contributed by atoms with van der Waals surface area (Å²) >= 11 is 1.34. The van der Waals surface area contributed by atoms with Gasteiger partial charge in [0.25, 0.3) is 0 Å². The number of hydrogen-bond acceptors (Lipinski definition) is 6. The molecule has 172 valence electrons. The first-order valence-corrected chi connectivity index (χ1v) is 12.0. The van der Waals surface area contributed by atoms with Crippen LogP contribution in [0.5, 0.6) is 5.75 Å². The topological polar surface area (TPSA) is 75.1 Å². The number of carbonyl (C=O) groups is 1. The van der Waals surface area contributed by atoms with Gasteiger partial charge in [-0.3, -0.25) is 13.9 Å². The largest absolute Gasteiger partial charge is 0.497 e. The summed E-state index contributed by atoms with van der Waals surface area (Å²) in [5.41, 5.74) is 2.63. The highest BCUT2D eigenvalue weighted by Crippen LogP contribution is 2.32. The molecule has 35 heavy (non-hydrogen) atoms. The minimum Gasteiger partial charge on any atom is -0.497 e. The Labute approximate surface area is 204 Å². The van der Waals surface area contributed by atoms with E-state index < -0.39 is 0 Å². The fourth-order valence-corrected chi connectivity index (χ4v) is 5.08. The zero-order valence-electron chi connectivity index (χ0n) is 18.8. The van der Waals surface area contributed by atoms with E-state index in [1.807, 2.05) is 83.4 Å². The third-order valence-electron chi connectivity index (χ3n) is 5.86. The molecule has 0 N–H and O–H groups in total. The van der Waals surface area contributed by atoms with Gasteiger partial charge in [-0.15, -0.1) is 10.2 Å². The molecule has 0 aliphatic heterocycles. The van der Waals surface area contributed by atoms with E-state index in [0.717, 1.165) is 33.2 Å². The highest BCUT2D eigenvalue weighted by atomic mass is 32.2. The average Bonchev–Trinajstić information content (AvgIpc) is 3.65. The van der Waals surface area contributed by atoms with Crippen molar-refractivity contribution < 1.29 is 13.9 Å². The van der Waals surface area contributed by atoms with Crippen LogP contribution in [-0.4, -0.2) is 38.1 Å². The van der Waals surface area contributed by atoms with Gasteiger partial charge in [0.15, 0.2) is 10.9 Å². The Kier molecular flexibility index (Phi) is 5.35. The molecule has 0 aliphatic rings. The molecule has 0 radical (unpaired) electrons. The summed E-state index contributed by atoms with van der Waals surface area (Å²) in [6.07, 6.45) is 1.60. The average molecular weight is 481 g/mol. The Morgan fingerprint density at radius 2 is 1.57 bits per heavy atom. The Hall–Kier alpha value is -4.30. The van der Waals surface area contributed by atoms with Gasteiger partial charge in [0.2, 0.25) is 11.7 Å². The Bertz CT molecular complexity index is 1600. The third kappa shape index (κ3) is 3.68. The smallest absolute Gasteiger partial charge is 0.242 e. The molecule has 0 atom stereocenters. The lowest BCUT2D eigenvalue weighted by molar-refractivity contribution is 0.0951. The summed E-state index contributed by atoms with van der Waals surface area (Å²) in [6.45, 7) is 0. The molecular formula is C27H20N4O3S. The van der Waals surface area contributed by atoms with Crippen LogP contribution in [0, 0.1) is 0 Å². The second kappa shape index (κ2) is 8.81. The molecule has 0 saturated heterocycles. The summed E-state index contributed by atoms with van der Waals surface area (Å²) in [6, 6.07) is 27.2. The van der Waals surface area contributed by atoms with E-state index >= 15 is 0 Å². The molecule has 7 nitrogen and oxygen atoms in total. The van der Waals surface area contributed by atoms with Gasteiger partial charge < -0.3 is 9.15 Å². The van der Waals surface area contributed by atoms with Crippen molar-refractivity contribution in [1.29, 1.82) is 0 Å². The fourth-order valence-electron chi connectivity index (χ4n) is 4.27. The van der Waals surface area contributed by atoms with Gasteiger partial charge in [-0.1, -0.05) is 48.2 Å². The normalized spacial score (nSPS) is 11.3. The van der Waals surface area contributed by atoms with Crippen molar-refractivity contribution >= 4 is 39.5 Å². The van der Waals surface area contributed by atoms with Crippen LogP contribution in [0.15, 0.2) is 101 Å². The lowest BCUT2D eigenvalue weighted by atomic mass is 10.2. The lowest BCUT2D eigenvalue weighted by Crippen LogP contribution is -2.13. The van der Waals surface area contributed by atoms with Crippen molar-refractivity contribution in [3.05, 3.63) is 91.2 Å². The van der Waals surface area contributed by atoms with Crippen LogP contribution in [0.4, 0.5) is 0 Å². The van der Waals surface area contributed by atoms with E-state index in [-0.39, 0.29) is 11.7 Å². The minimum absolute atomic E-state index is 0.0313. The molecule has 3 aromatic heterocycles. The first-order valence-electron chi connectivity index (χ1n) is 11.0. The van der Waals surface area contributed by atoms with Crippen molar-refractivity contribution in [2.24, 2.45) is 0 Å². The number of para-hydroxylation sites is 2. The van der Waals surface area contributed by atoms with E-state index in [4.69, 9.17) is 9.15 Å². The van der Waals surface area contributed by atoms with Crippen molar-refractivity contribution in [3.63, 3.8) is 0 Å². The highest BCUT2D eigenvalue weighted by molar-refractivity contribution is 7.99. The molecular weight excluding hydrogens is 460 g/mol. The number of thioether (sulfide) groups is 1. The molecule has 0 unspecified atom stereocenters. The number of fused-ring (bicyclic) bond motifs is 3. The van der Waals surface area contributed by atoms with E-state index in [1.165, 1.54) is 11.8 Å². The number of rotatable bonds is 6. The van der Waals surface area contributed by atoms with Crippen LogP contribution in [0.2, 0.25) is 0 Å². The van der Waals surface area contributed by atoms with Gasteiger partial charge in [0, 0.05) is 10.8 Å². The molecule has 0 fully saturated rings. The van der Waals surface area contributed by atoms with Crippen LogP contribution in [0.1, 0.15) is 4.79 Å². The predicted octanol–water partition coefficient (Wildman–Crippen LogP) is 6.08. The number of methoxy groups -OCH3 is 1. The Morgan fingerprint density at radius 1 is 0.886 bits per heavy atom. The molecule has 6 aromatic rings. The molecule has 0 aliphatic carbocycles. The van der Waals surface area contributed by atoms with Crippen LogP contribution >= 0.6 is 11.8 Å². The Balaban J connectivity index is 1.37. The van der Waals surface area contributed by atoms with Crippen molar-refractivity contribution in [2.75, 3.05) is 12.9 Å². The molecule has 8 heteroatoms. The van der Waals surface area contributed by atoms with Crippen molar-refractivity contribution in [1.82, 2.24) is 19.3 Å². The lowest BCUT2D eigenvalue weighted by Gasteiger charge is -2.10. The van der Waals surface area contributed by atoms with E-state index in [9.17, 15) is 4.79 Å². The third-order valence-corrected chi connectivity index (χ3v) is 6.77. The van der Waals surface area contributed by atoms with Crippen LogP contribution in [-0.2, 0) is 0 Å². The number of ether oxygens (including phenoxy) is 1. The summed E-state index contributed by atoms with van der Waals surface area (Å²) < 4.78 is 14.6. The first kappa shape index (κ1) is 21.2. The van der Waals surface area contributed by atoms with Crippen LogP contribution in [0.3, 0.4) is 0 Å². The van der Waals surface area contributed by atoms with Crippen LogP contribution in [0.25, 0.3) is 39.1 Å². The second-order valence-corrected chi connectivity index (χ2v) is 8.81. The summed E-state index contributed by atoms with van der Waals surface area (Å²) in [4.78, 5) is 13.5. The maximum atomic E-state index is 13.5. The zero-order chi connectivity index (χ0) is 23.8. The Morgan fingerprint density at radius 3 is 2.20 bits per heavy atom. The quantitative estimate of drug-likeness (QED) is 0.269. The van der Waals surface area contributed by atoms with Gasteiger partial charge >= 0.3 is 0 Å². The summed E-state index contributed by atoms with van der Waals surface area (Å²) in [7, 11) is 1.63. The van der Waals surface area contributed by atoms with E-state index in [1.54, 1.807) is 24.0 Å². The summed E-state index contributed by atoms with van der Waals surface area (Å²) in [5.74, 6) is 2.06. The molecule has 0 bridgehead atoms.